The van der Waals surface area contributed by atoms with Gasteiger partial charge in [-0.3, -0.25) is 0 Å². The molecule has 0 unspecified atom stereocenters. The van der Waals surface area contributed by atoms with Crippen LogP contribution in [0.5, 0.6) is 11.5 Å². The molecule has 13 heteroatoms. The van der Waals surface area contributed by atoms with Gasteiger partial charge >= 0.3 is 0 Å². The third-order valence-corrected chi connectivity index (χ3v) is 15.3. The second kappa shape index (κ2) is 24.2. The number of hydrogen-bond donors (Lipinski definition) is 2. The molecule has 2 fully saturated rings. The number of imidazole rings is 2. The molecule has 0 atom stereocenters. The molecule has 6 aromatic carbocycles. The lowest BCUT2D eigenvalue weighted by molar-refractivity contribution is 0.192. The van der Waals surface area contributed by atoms with Gasteiger partial charge in [-0.1, -0.05) is 60.7 Å². The lowest BCUT2D eigenvalue weighted by atomic mass is 9.93. The van der Waals surface area contributed by atoms with Gasteiger partial charge in [0.1, 0.15) is 34.8 Å². The number of thioether (sulfide) groups is 2. The van der Waals surface area contributed by atoms with Crippen molar-refractivity contribution in [3.8, 4) is 11.5 Å². The van der Waals surface area contributed by atoms with Crippen LogP contribution in [0.2, 0.25) is 0 Å². The highest BCUT2D eigenvalue weighted by atomic mass is 32.2. The molecule has 4 N–H and O–H groups in total. The summed E-state index contributed by atoms with van der Waals surface area (Å²) in [7, 11) is 0. The summed E-state index contributed by atoms with van der Waals surface area (Å²) in [5.74, 6) is 5.52. The highest BCUT2D eigenvalue weighted by Gasteiger charge is 2.24. The van der Waals surface area contributed by atoms with Crippen molar-refractivity contribution in [2.75, 3.05) is 50.8 Å². The second-order valence-corrected chi connectivity index (χ2v) is 20.5. The van der Waals surface area contributed by atoms with Gasteiger partial charge in [-0.05, 0) is 148 Å². The lowest BCUT2D eigenvalue weighted by Gasteiger charge is -2.31. The third kappa shape index (κ3) is 13.8. The topological polar surface area (TPSA) is 114 Å². The van der Waals surface area contributed by atoms with Gasteiger partial charge in [-0.2, -0.15) is 0 Å². The molecular formula is C56H62F2N6O3S2. The van der Waals surface area contributed by atoms with Gasteiger partial charge < -0.3 is 34.6 Å². The predicted octanol–water partition coefficient (Wildman–Crippen LogP) is 11.1. The Labute approximate surface area is 412 Å². The van der Waals surface area contributed by atoms with Crippen molar-refractivity contribution in [2.24, 2.45) is 11.8 Å². The molecule has 0 amide bonds. The number of rotatable bonds is 16. The number of halogens is 2. The molecule has 4 heterocycles. The average Bonchev–Trinajstić information content (AvgIpc) is 3.86. The molecule has 2 aromatic heterocycles. The number of hydrogen-bond acceptors (Lipinski definition) is 8. The molecule has 0 bridgehead atoms. The van der Waals surface area contributed by atoms with E-state index < -0.39 is 0 Å². The van der Waals surface area contributed by atoms with Crippen LogP contribution in [0.15, 0.2) is 155 Å². The maximum absolute atomic E-state index is 13.4. The van der Waals surface area contributed by atoms with Crippen molar-refractivity contribution in [1.29, 1.82) is 0 Å². The first-order valence-corrected chi connectivity index (χ1v) is 25.9. The molecule has 0 radical (unpaired) electrons. The van der Waals surface area contributed by atoms with Crippen LogP contribution in [0, 0.1) is 23.5 Å². The molecule has 360 valence electrons. The first kappa shape index (κ1) is 49.7. The minimum absolute atomic E-state index is 0. The van der Waals surface area contributed by atoms with Crippen molar-refractivity contribution < 1.29 is 24.5 Å². The number of fused-ring (bicyclic) bond motifs is 2. The Bertz CT molecular complexity index is 2640. The largest absolute Gasteiger partial charge is 0.508 e. The van der Waals surface area contributed by atoms with Crippen molar-refractivity contribution in [3.63, 3.8) is 0 Å². The van der Waals surface area contributed by atoms with Gasteiger partial charge in [0.25, 0.3) is 0 Å². The molecule has 2 aliphatic heterocycles. The Morgan fingerprint density at radius 3 is 1.25 bits per heavy atom. The molecule has 9 nitrogen and oxygen atoms in total. The van der Waals surface area contributed by atoms with Crippen molar-refractivity contribution in [3.05, 3.63) is 180 Å². The zero-order chi connectivity index (χ0) is 46.7. The number of likely N-dealkylation sites (tertiary alicyclic amines) is 2. The summed E-state index contributed by atoms with van der Waals surface area (Å²) in [6, 6.07) is 45.3. The van der Waals surface area contributed by atoms with Crippen LogP contribution in [0.25, 0.3) is 22.1 Å². The fourth-order valence-corrected chi connectivity index (χ4v) is 11.4. The molecule has 0 aliphatic carbocycles. The average molecular weight is 969 g/mol. The maximum Gasteiger partial charge on any atom is 0.123 e. The van der Waals surface area contributed by atoms with Crippen LogP contribution in [-0.2, 0) is 25.9 Å². The van der Waals surface area contributed by atoms with E-state index in [1.807, 2.05) is 59.9 Å². The van der Waals surface area contributed by atoms with Gasteiger partial charge in [0, 0.05) is 72.5 Å². The summed E-state index contributed by atoms with van der Waals surface area (Å²) >= 11 is 3.85. The van der Waals surface area contributed by atoms with E-state index in [4.69, 9.17) is 9.97 Å². The quantitative estimate of drug-likeness (QED) is 0.0921. The minimum Gasteiger partial charge on any atom is -0.508 e. The highest BCUT2D eigenvalue weighted by Crippen LogP contribution is 2.30. The fourth-order valence-electron chi connectivity index (χ4n) is 9.51. The van der Waals surface area contributed by atoms with E-state index >= 15 is 0 Å². The molecule has 2 aliphatic rings. The third-order valence-electron chi connectivity index (χ3n) is 13.3. The number of nitrogens with zero attached hydrogens (tertiary/aromatic N) is 6. The van der Waals surface area contributed by atoms with E-state index in [0.717, 1.165) is 108 Å². The number of phenols is 2. The van der Waals surface area contributed by atoms with Crippen molar-refractivity contribution >= 4 is 45.6 Å². The van der Waals surface area contributed by atoms with E-state index in [0.29, 0.717) is 24.9 Å². The van der Waals surface area contributed by atoms with Crippen LogP contribution < -0.4 is 0 Å². The lowest BCUT2D eigenvalue weighted by Crippen LogP contribution is -2.36. The number of aromatic nitrogens is 4. The van der Waals surface area contributed by atoms with E-state index in [9.17, 15) is 19.0 Å². The number of aromatic hydroxyl groups is 2. The fraction of sp³-hybridized carbons (Fsp3) is 0.321. The predicted molar refractivity (Wildman–Crippen MR) is 277 cm³/mol. The second-order valence-electron chi connectivity index (χ2n) is 18.1. The summed E-state index contributed by atoms with van der Waals surface area (Å²) in [5.41, 5.74) is 5.72. The van der Waals surface area contributed by atoms with Crippen LogP contribution in [0.4, 0.5) is 8.78 Å². The number of piperidine rings is 2. The first-order chi connectivity index (χ1) is 33.3. The molecule has 0 saturated carbocycles. The zero-order valence-corrected chi connectivity index (χ0v) is 40.6. The normalized spacial score (nSPS) is 15.0. The van der Waals surface area contributed by atoms with Crippen LogP contribution in [-0.4, -0.2) is 95.4 Å². The van der Waals surface area contributed by atoms with Crippen LogP contribution in [0.1, 0.15) is 48.5 Å². The standard InChI is InChI=1S/2C28H30FN3OS.H2O/c2*29-23-8-6-22(7-9-23)20-32-27-11-10-24(33)19-26(27)30-28(32)18-21-12-14-31(15-13-21)16-17-34-25-4-2-1-3-5-25;/h2*1-11,19,21,33H,12-18,20H2;1H2. The SMILES string of the molecule is O.Oc1ccc2c(c1)nc(CC1CCN(CCSc3ccccc3)CC1)n2Cc1ccc(F)cc1.Oc1ccc2c(c1)nc(CC1CCN(CCSc3ccccc3)CC1)n2Cc1ccc(F)cc1. The van der Waals surface area contributed by atoms with Crippen LogP contribution in [0.3, 0.4) is 0 Å². The van der Waals surface area contributed by atoms with Gasteiger partial charge in [-0.15, -0.1) is 23.5 Å². The molecule has 8 aromatic rings. The Hall–Kier alpha value is -5.70. The summed E-state index contributed by atoms with van der Waals surface area (Å²) in [5, 5.41) is 19.9. The first-order valence-electron chi connectivity index (χ1n) is 23.9. The van der Waals surface area contributed by atoms with E-state index in [1.54, 1.807) is 24.3 Å². The van der Waals surface area contributed by atoms with Crippen molar-refractivity contribution in [1.82, 2.24) is 28.9 Å². The molecule has 2 saturated heterocycles. The van der Waals surface area contributed by atoms with E-state index in [2.05, 4.69) is 79.6 Å². The Morgan fingerprint density at radius 1 is 0.493 bits per heavy atom. The van der Waals surface area contributed by atoms with Gasteiger partial charge in [-0.25, -0.2) is 18.7 Å². The van der Waals surface area contributed by atoms with Gasteiger partial charge in [0.15, 0.2) is 0 Å². The van der Waals surface area contributed by atoms with Gasteiger partial charge in [0.2, 0.25) is 0 Å². The van der Waals surface area contributed by atoms with Gasteiger partial charge in [0.05, 0.1) is 22.1 Å². The Balaban J connectivity index is 0.000000183. The zero-order valence-electron chi connectivity index (χ0n) is 39.0. The maximum atomic E-state index is 13.4. The summed E-state index contributed by atoms with van der Waals surface area (Å²) in [4.78, 5) is 17.6. The van der Waals surface area contributed by atoms with Crippen molar-refractivity contribution in [2.45, 2.75) is 61.4 Å². The molecule has 10 rings (SSSR count). The summed E-state index contributed by atoms with van der Waals surface area (Å²) in [6.07, 6.45) is 6.51. The number of phenolic OH excluding ortho intramolecular Hbond substituents is 2. The smallest absolute Gasteiger partial charge is 0.123 e. The Kier molecular flexibility index (Phi) is 17.5. The number of benzene rings is 6. The molecule has 0 spiro atoms. The highest BCUT2D eigenvalue weighted by molar-refractivity contribution is 7.99. The minimum atomic E-state index is -0.224. The molecule has 69 heavy (non-hydrogen) atoms. The summed E-state index contributed by atoms with van der Waals surface area (Å²) < 4.78 is 31.2. The van der Waals surface area contributed by atoms with E-state index in [-0.39, 0.29) is 28.6 Å². The molecular weight excluding hydrogens is 907 g/mol. The Morgan fingerprint density at radius 2 is 0.870 bits per heavy atom. The van der Waals surface area contributed by atoms with Crippen LogP contribution >= 0.6 is 23.5 Å². The van der Waals surface area contributed by atoms with E-state index in [1.165, 1.54) is 59.7 Å². The summed E-state index contributed by atoms with van der Waals surface area (Å²) in [6.45, 7) is 8.03. The monoisotopic (exact) mass is 968 g/mol.